The van der Waals surface area contributed by atoms with Crippen LogP contribution in [0.25, 0.3) is 10.9 Å². The molecule has 0 spiro atoms. The summed E-state index contributed by atoms with van der Waals surface area (Å²) in [6.07, 6.45) is 10.7. The number of halogens is 1. The predicted molar refractivity (Wildman–Crippen MR) is 169 cm³/mol. The Bertz CT molecular complexity index is 1590. The fraction of sp³-hybridized carbons (Fsp3) is 0.344. The van der Waals surface area contributed by atoms with E-state index in [4.69, 9.17) is 9.47 Å². The highest BCUT2D eigenvalue weighted by Gasteiger charge is 2.21. The van der Waals surface area contributed by atoms with Gasteiger partial charge < -0.3 is 30.3 Å². The number of hydrogen-bond acceptors (Lipinski definition) is 10. The topological polar surface area (TPSA) is 126 Å². The van der Waals surface area contributed by atoms with E-state index < -0.39 is 5.82 Å². The molecule has 11 nitrogen and oxygen atoms in total. The number of nitrogens with zero attached hydrogens (tertiary/aromatic N) is 5. The molecule has 44 heavy (non-hydrogen) atoms. The lowest BCUT2D eigenvalue weighted by molar-refractivity contribution is -0.118. The Morgan fingerprint density at radius 1 is 1.00 bits per heavy atom. The molecule has 1 aliphatic carbocycles. The Labute approximate surface area is 255 Å². The highest BCUT2D eigenvalue weighted by Crippen LogP contribution is 2.35. The van der Waals surface area contributed by atoms with Crippen LogP contribution in [-0.2, 0) is 4.79 Å². The molecule has 3 heterocycles. The van der Waals surface area contributed by atoms with Crippen LogP contribution in [-0.4, -0.2) is 63.5 Å². The first-order chi connectivity index (χ1) is 21.5. The van der Waals surface area contributed by atoms with Gasteiger partial charge >= 0.3 is 0 Å². The number of amides is 1. The van der Waals surface area contributed by atoms with Crippen molar-refractivity contribution in [3.05, 3.63) is 67.4 Å². The van der Waals surface area contributed by atoms with Crippen molar-refractivity contribution in [3.63, 3.8) is 0 Å². The molecule has 12 heteroatoms. The van der Waals surface area contributed by atoms with E-state index >= 15 is 4.39 Å². The molecule has 0 radical (unpaired) electrons. The summed E-state index contributed by atoms with van der Waals surface area (Å²) in [7, 11) is 1.61. The van der Waals surface area contributed by atoms with E-state index in [2.05, 4.69) is 42.5 Å². The fourth-order valence-electron chi connectivity index (χ4n) is 4.95. The monoisotopic (exact) mass is 600 g/mol. The van der Waals surface area contributed by atoms with Crippen LogP contribution in [0.5, 0.6) is 17.4 Å². The van der Waals surface area contributed by atoms with Crippen LogP contribution in [0.4, 0.5) is 27.5 Å². The summed E-state index contributed by atoms with van der Waals surface area (Å²) >= 11 is 0. The number of methoxy groups -OCH3 is 1. The summed E-state index contributed by atoms with van der Waals surface area (Å²) in [5.41, 5.74) is 1.66. The fourth-order valence-corrected chi connectivity index (χ4v) is 4.95. The lowest BCUT2D eigenvalue weighted by Crippen LogP contribution is -2.38. The SMILES string of the molecule is C=CC.COc1cc2ncnc(Nc3ccc(Oc4ccnc(NC5CCC5)n4)cc3F)c2cc1NC1CCN(C=O)CC1. The smallest absolute Gasteiger partial charge is 0.226 e. The van der Waals surface area contributed by atoms with E-state index in [1.807, 2.05) is 19.1 Å². The van der Waals surface area contributed by atoms with Crippen LogP contribution < -0.4 is 25.4 Å². The molecule has 1 amide bonds. The number of nitrogens with one attached hydrogen (secondary N) is 3. The molecular formula is C32H37FN8O3. The highest BCUT2D eigenvalue weighted by molar-refractivity contribution is 5.95. The van der Waals surface area contributed by atoms with Gasteiger partial charge in [0.25, 0.3) is 0 Å². The van der Waals surface area contributed by atoms with Gasteiger partial charge in [-0.25, -0.2) is 19.3 Å². The van der Waals surface area contributed by atoms with Crippen molar-refractivity contribution in [1.82, 2.24) is 24.8 Å². The van der Waals surface area contributed by atoms with Crippen LogP contribution >= 0.6 is 0 Å². The van der Waals surface area contributed by atoms with Gasteiger partial charge in [0, 0.05) is 55.0 Å². The second kappa shape index (κ2) is 14.5. The van der Waals surface area contributed by atoms with Crippen LogP contribution in [0.3, 0.4) is 0 Å². The van der Waals surface area contributed by atoms with Crippen LogP contribution in [0, 0.1) is 5.82 Å². The van der Waals surface area contributed by atoms with Gasteiger partial charge in [-0.05, 0) is 57.2 Å². The summed E-state index contributed by atoms with van der Waals surface area (Å²) in [4.78, 5) is 30.2. The lowest BCUT2D eigenvalue weighted by Gasteiger charge is -2.30. The van der Waals surface area contributed by atoms with E-state index in [-0.39, 0.29) is 11.7 Å². The van der Waals surface area contributed by atoms with Gasteiger partial charge in [0.2, 0.25) is 18.2 Å². The average molecular weight is 601 g/mol. The van der Waals surface area contributed by atoms with E-state index in [1.165, 1.54) is 18.8 Å². The van der Waals surface area contributed by atoms with E-state index in [9.17, 15) is 4.79 Å². The van der Waals surface area contributed by atoms with Gasteiger partial charge in [0.1, 0.15) is 29.5 Å². The van der Waals surface area contributed by atoms with Crippen LogP contribution in [0.2, 0.25) is 0 Å². The second-order valence-electron chi connectivity index (χ2n) is 10.6. The zero-order chi connectivity index (χ0) is 30.9. The van der Waals surface area contributed by atoms with Crippen molar-refractivity contribution in [3.8, 4) is 17.4 Å². The molecule has 6 rings (SSSR count). The second-order valence-corrected chi connectivity index (χ2v) is 10.6. The number of rotatable bonds is 10. The van der Waals surface area contributed by atoms with Crippen molar-refractivity contribution in [2.24, 2.45) is 0 Å². The van der Waals surface area contributed by atoms with Crippen molar-refractivity contribution >= 4 is 40.5 Å². The number of hydrogen-bond donors (Lipinski definition) is 3. The van der Waals surface area contributed by atoms with Crippen molar-refractivity contribution in [2.75, 3.05) is 36.1 Å². The standard InChI is InChI=1S/C29H31FN8O3.C3H6/c1-40-26-15-24-21(14-25(26)34-19-8-11-38(17-39)12-9-19)28(33-16-32-24)36-23-6-5-20(13-22(23)30)41-27-7-10-31-29(37-27)35-18-3-2-4-18;1-3-2/h5-7,10,13-19,34H,2-4,8-9,11-12H2,1H3,(H,31,35,37)(H,32,33,36);3H,1H2,2H3. The maximum Gasteiger partial charge on any atom is 0.226 e. The van der Waals surface area contributed by atoms with Crippen molar-refractivity contribution in [1.29, 1.82) is 0 Å². The summed E-state index contributed by atoms with van der Waals surface area (Å²) in [6.45, 7) is 6.64. The zero-order valence-electron chi connectivity index (χ0n) is 24.9. The molecule has 0 unspecified atom stereocenters. The number of benzene rings is 2. The molecule has 2 aliphatic rings. The Kier molecular flexibility index (Phi) is 10.0. The van der Waals surface area contributed by atoms with Crippen molar-refractivity contribution in [2.45, 2.75) is 51.1 Å². The number of anilines is 4. The molecule has 2 aromatic heterocycles. The molecule has 3 N–H and O–H groups in total. The van der Waals surface area contributed by atoms with Gasteiger partial charge in [-0.3, -0.25) is 4.79 Å². The molecule has 0 bridgehead atoms. The Balaban J connectivity index is 0.00000123. The molecule has 230 valence electrons. The number of carbonyl (C=O) groups excluding carboxylic acids is 1. The quantitative estimate of drug-likeness (QED) is 0.141. The third-order valence-electron chi connectivity index (χ3n) is 7.48. The molecule has 2 aromatic carbocycles. The van der Waals surface area contributed by atoms with Crippen LogP contribution in [0.1, 0.15) is 39.0 Å². The summed E-state index contributed by atoms with van der Waals surface area (Å²) in [5.74, 6) is 1.72. The van der Waals surface area contributed by atoms with Gasteiger partial charge in [-0.1, -0.05) is 6.08 Å². The van der Waals surface area contributed by atoms with E-state index in [0.717, 1.165) is 37.8 Å². The number of ether oxygens (including phenoxy) is 2. The minimum Gasteiger partial charge on any atom is -0.495 e. The molecule has 4 aromatic rings. The number of carbonyl (C=O) groups is 1. The molecular weight excluding hydrogens is 563 g/mol. The number of likely N-dealkylation sites (tertiary alicyclic amines) is 1. The number of allylic oxidation sites excluding steroid dienone is 1. The van der Waals surface area contributed by atoms with Gasteiger partial charge in [0.05, 0.1) is 24.0 Å². The number of piperidine rings is 1. The van der Waals surface area contributed by atoms with E-state index in [1.54, 1.807) is 42.5 Å². The first-order valence-electron chi connectivity index (χ1n) is 14.7. The number of fused-ring (bicyclic) bond motifs is 1. The Hall–Kier alpha value is -5.00. The van der Waals surface area contributed by atoms with Crippen LogP contribution in [0.15, 0.2) is 61.6 Å². The normalized spacial score (nSPS) is 14.9. The maximum absolute atomic E-state index is 15.2. The van der Waals surface area contributed by atoms with Gasteiger partial charge in [-0.15, -0.1) is 6.58 Å². The zero-order valence-corrected chi connectivity index (χ0v) is 24.9. The van der Waals surface area contributed by atoms with Gasteiger partial charge in [-0.2, -0.15) is 4.98 Å². The largest absolute Gasteiger partial charge is 0.495 e. The van der Waals surface area contributed by atoms with Crippen molar-refractivity contribution < 1.29 is 18.7 Å². The molecule has 1 saturated carbocycles. The minimum absolute atomic E-state index is 0.184. The minimum atomic E-state index is -0.509. The van der Waals surface area contributed by atoms with E-state index in [0.29, 0.717) is 59.2 Å². The Morgan fingerprint density at radius 2 is 1.77 bits per heavy atom. The number of aromatic nitrogens is 4. The maximum atomic E-state index is 15.2. The summed E-state index contributed by atoms with van der Waals surface area (Å²) in [5, 5.41) is 10.6. The lowest BCUT2D eigenvalue weighted by atomic mass is 9.93. The molecule has 2 fully saturated rings. The highest BCUT2D eigenvalue weighted by atomic mass is 19.1. The first-order valence-corrected chi connectivity index (χ1v) is 14.7. The first kappa shape index (κ1) is 30.5. The predicted octanol–water partition coefficient (Wildman–Crippen LogP) is 6.29. The summed E-state index contributed by atoms with van der Waals surface area (Å²) in [6, 6.07) is 10.5. The summed E-state index contributed by atoms with van der Waals surface area (Å²) < 4.78 is 26.6. The third kappa shape index (κ3) is 7.49. The molecule has 1 aliphatic heterocycles. The average Bonchev–Trinajstić information content (AvgIpc) is 3.01. The molecule has 1 saturated heterocycles. The third-order valence-corrected chi connectivity index (χ3v) is 7.48. The van der Waals surface area contributed by atoms with Gasteiger partial charge in [0.15, 0.2) is 0 Å². The molecule has 0 atom stereocenters. The Morgan fingerprint density at radius 3 is 2.45 bits per heavy atom.